The van der Waals surface area contributed by atoms with Crippen LogP contribution < -0.4 is 10.6 Å². The molecule has 0 fully saturated rings. The Labute approximate surface area is 173 Å². The zero-order valence-electron chi connectivity index (χ0n) is 16.7. The molecule has 152 valence electrons. The summed E-state index contributed by atoms with van der Waals surface area (Å²) in [5.41, 5.74) is 4.58. The Balaban J connectivity index is 1.55. The van der Waals surface area contributed by atoms with Gasteiger partial charge in [-0.05, 0) is 32.3 Å². The van der Waals surface area contributed by atoms with E-state index >= 15 is 0 Å². The van der Waals surface area contributed by atoms with Crippen LogP contribution in [0, 0.1) is 13.8 Å². The van der Waals surface area contributed by atoms with Gasteiger partial charge in [-0.1, -0.05) is 29.4 Å². The fraction of sp³-hybridized carbons (Fsp3) is 0.333. The van der Waals surface area contributed by atoms with Crippen molar-refractivity contribution in [3.8, 4) is 11.3 Å². The summed E-state index contributed by atoms with van der Waals surface area (Å²) in [6, 6.07) is 8.19. The summed E-state index contributed by atoms with van der Waals surface area (Å²) in [5, 5.41) is 12.0. The van der Waals surface area contributed by atoms with Gasteiger partial charge in [-0.2, -0.15) is 0 Å². The maximum absolute atomic E-state index is 12.3. The van der Waals surface area contributed by atoms with Crippen LogP contribution in [0.5, 0.6) is 0 Å². The molecule has 0 aliphatic heterocycles. The van der Waals surface area contributed by atoms with Crippen LogP contribution in [0.15, 0.2) is 34.2 Å². The molecule has 0 radical (unpaired) electrons. The number of nitrogens with one attached hydrogen (secondary N) is 2. The van der Waals surface area contributed by atoms with Crippen molar-refractivity contribution < 1.29 is 14.1 Å². The second-order valence-corrected chi connectivity index (χ2v) is 7.71. The minimum Gasteiger partial charge on any atom is -0.361 e. The number of carbonyl (C=O) groups excluding carboxylic acids is 2. The summed E-state index contributed by atoms with van der Waals surface area (Å²) < 4.78 is 5.10. The molecular formula is C21H24N4O3S. The Morgan fingerprint density at radius 2 is 1.93 bits per heavy atom. The van der Waals surface area contributed by atoms with Gasteiger partial charge >= 0.3 is 0 Å². The Bertz CT molecular complexity index is 972. The molecule has 0 aliphatic carbocycles. The van der Waals surface area contributed by atoms with Crippen molar-refractivity contribution in [2.24, 2.45) is 0 Å². The molecule has 3 aromatic rings. The average Bonchev–Trinajstić information content (AvgIpc) is 3.27. The van der Waals surface area contributed by atoms with Crippen LogP contribution in [-0.2, 0) is 22.4 Å². The molecule has 0 atom stereocenters. The number of thiazole rings is 1. The van der Waals surface area contributed by atoms with Crippen molar-refractivity contribution in [2.75, 3.05) is 11.9 Å². The third-order valence-electron chi connectivity index (χ3n) is 4.53. The number of aromatic nitrogens is 2. The second-order valence-electron chi connectivity index (χ2n) is 6.85. The highest BCUT2D eigenvalue weighted by atomic mass is 32.1. The molecule has 0 saturated carbocycles. The highest BCUT2D eigenvalue weighted by Crippen LogP contribution is 2.25. The van der Waals surface area contributed by atoms with Gasteiger partial charge in [0, 0.05) is 30.0 Å². The van der Waals surface area contributed by atoms with Crippen LogP contribution in [0.4, 0.5) is 5.13 Å². The van der Waals surface area contributed by atoms with Crippen molar-refractivity contribution in [1.82, 2.24) is 15.5 Å². The minimum absolute atomic E-state index is 0.00141. The smallest absolute Gasteiger partial charge is 0.230 e. The van der Waals surface area contributed by atoms with E-state index in [1.807, 2.05) is 24.4 Å². The number of anilines is 1. The predicted octanol–water partition coefficient (Wildman–Crippen LogP) is 3.66. The maximum Gasteiger partial charge on any atom is 0.230 e. The summed E-state index contributed by atoms with van der Waals surface area (Å²) in [6.07, 6.45) is 2.01. The molecule has 2 N–H and O–H groups in total. The fourth-order valence-corrected chi connectivity index (χ4v) is 3.68. The largest absolute Gasteiger partial charge is 0.361 e. The monoisotopic (exact) mass is 412 g/mol. The zero-order chi connectivity index (χ0) is 20.8. The first kappa shape index (κ1) is 20.7. The third-order valence-corrected chi connectivity index (χ3v) is 5.29. The number of aryl methyl sites for hydroxylation is 3. The highest BCUT2D eigenvalue weighted by molar-refractivity contribution is 7.14. The number of nitrogens with zero attached hydrogens (tertiary/aromatic N) is 2. The summed E-state index contributed by atoms with van der Waals surface area (Å²) in [7, 11) is 0. The summed E-state index contributed by atoms with van der Waals surface area (Å²) in [6.45, 7) is 5.83. The van der Waals surface area contributed by atoms with Crippen LogP contribution >= 0.6 is 11.3 Å². The highest BCUT2D eigenvalue weighted by Gasteiger charge is 2.15. The lowest BCUT2D eigenvalue weighted by Crippen LogP contribution is -2.21. The van der Waals surface area contributed by atoms with Gasteiger partial charge in [0.05, 0.1) is 17.8 Å². The molecule has 0 spiro atoms. The van der Waals surface area contributed by atoms with Crippen LogP contribution in [0.3, 0.4) is 0 Å². The molecule has 0 aliphatic rings. The molecule has 2 heterocycles. The molecule has 8 heteroatoms. The lowest BCUT2D eigenvalue weighted by atomic mass is 10.1. The van der Waals surface area contributed by atoms with E-state index < -0.39 is 0 Å². The summed E-state index contributed by atoms with van der Waals surface area (Å²) >= 11 is 1.40. The van der Waals surface area contributed by atoms with Crippen LogP contribution in [-0.4, -0.2) is 28.5 Å². The number of amides is 2. The lowest BCUT2D eigenvalue weighted by Gasteiger charge is -2.04. The van der Waals surface area contributed by atoms with Crippen molar-refractivity contribution >= 4 is 28.3 Å². The molecule has 3 rings (SSSR count). The Morgan fingerprint density at radius 3 is 2.59 bits per heavy atom. The maximum atomic E-state index is 12.3. The van der Waals surface area contributed by atoms with Crippen molar-refractivity contribution in [3.05, 3.63) is 52.2 Å². The van der Waals surface area contributed by atoms with E-state index in [0.717, 1.165) is 35.4 Å². The fourth-order valence-electron chi connectivity index (χ4n) is 2.94. The lowest BCUT2D eigenvalue weighted by molar-refractivity contribution is -0.119. The Morgan fingerprint density at radius 1 is 1.17 bits per heavy atom. The average molecular weight is 413 g/mol. The van der Waals surface area contributed by atoms with Gasteiger partial charge in [0.2, 0.25) is 11.8 Å². The molecule has 0 unspecified atom stereocenters. The summed E-state index contributed by atoms with van der Waals surface area (Å²) in [4.78, 5) is 27.7. The Hall–Kier alpha value is -3.00. The standard InChI is InChI=1S/C21H24N4O3S/c1-13-18(14(2)28-25-13)11-20(27)24-21-23-19(12-29-21)17-8-6-16(7-9-17)5-4-10-22-15(3)26/h6-9,12H,4-5,10-11H2,1-3H3,(H,22,26)(H,23,24,27). The SMILES string of the molecule is CC(=O)NCCCc1ccc(-c2csc(NC(=O)Cc3c(C)noc3C)n2)cc1. The number of rotatable bonds is 8. The normalized spacial score (nSPS) is 10.7. The van der Waals surface area contributed by atoms with Crippen molar-refractivity contribution in [3.63, 3.8) is 0 Å². The van der Waals surface area contributed by atoms with Crippen molar-refractivity contribution in [2.45, 2.75) is 40.0 Å². The van der Waals surface area contributed by atoms with E-state index in [-0.39, 0.29) is 18.2 Å². The molecule has 0 saturated heterocycles. The van der Waals surface area contributed by atoms with Gasteiger partial charge in [-0.25, -0.2) is 4.98 Å². The number of hydrogen-bond donors (Lipinski definition) is 2. The predicted molar refractivity (Wildman–Crippen MR) is 113 cm³/mol. The van der Waals surface area contributed by atoms with E-state index in [2.05, 4.69) is 32.9 Å². The topological polar surface area (TPSA) is 97.1 Å². The van der Waals surface area contributed by atoms with Crippen LogP contribution in [0.25, 0.3) is 11.3 Å². The molecule has 1 aromatic carbocycles. The number of benzene rings is 1. The van der Waals surface area contributed by atoms with E-state index in [0.29, 0.717) is 17.4 Å². The van der Waals surface area contributed by atoms with E-state index in [1.54, 1.807) is 6.92 Å². The van der Waals surface area contributed by atoms with Crippen LogP contribution in [0.1, 0.15) is 35.9 Å². The van der Waals surface area contributed by atoms with Crippen LogP contribution in [0.2, 0.25) is 0 Å². The summed E-state index contributed by atoms with van der Waals surface area (Å²) in [5.74, 6) is 0.517. The minimum atomic E-state index is -0.144. The second kappa shape index (κ2) is 9.47. The van der Waals surface area contributed by atoms with E-state index in [4.69, 9.17) is 4.52 Å². The third kappa shape index (κ3) is 5.74. The van der Waals surface area contributed by atoms with Gasteiger partial charge < -0.3 is 15.2 Å². The van der Waals surface area contributed by atoms with Crippen molar-refractivity contribution in [1.29, 1.82) is 0 Å². The number of hydrogen-bond acceptors (Lipinski definition) is 6. The van der Waals surface area contributed by atoms with Gasteiger partial charge in [-0.15, -0.1) is 11.3 Å². The number of carbonyl (C=O) groups is 2. The quantitative estimate of drug-likeness (QED) is 0.550. The van der Waals surface area contributed by atoms with E-state index in [9.17, 15) is 9.59 Å². The first-order chi connectivity index (χ1) is 13.9. The Kier molecular flexibility index (Phi) is 6.77. The first-order valence-corrected chi connectivity index (χ1v) is 10.3. The molecule has 2 aromatic heterocycles. The van der Waals surface area contributed by atoms with Gasteiger partial charge in [0.1, 0.15) is 5.76 Å². The van der Waals surface area contributed by atoms with Gasteiger partial charge in [-0.3, -0.25) is 9.59 Å². The molecule has 0 bridgehead atoms. The van der Waals surface area contributed by atoms with E-state index in [1.165, 1.54) is 23.8 Å². The first-order valence-electron chi connectivity index (χ1n) is 9.43. The molecule has 7 nitrogen and oxygen atoms in total. The van der Waals surface area contributed by atoms with Gasteiger partial charge in [0.25, 0.3) is 0 Å². The van der Waals surface area contributed by atoms with Gasteiger partial charge in [0.15, 0.2) is 5.13 Å². The molecular weight excluding hydrogens is 388 g/mol. The molecule has 2 amide bonds. The zero-order valence-corrected chi connectivity index (χ0v) is 17.6. The molecule has 29 heavy (non-hydrogen) atoms.